The third-order valence-corrected chi connectivity index (χ3v) is 4.96. The lowest BCUT2D eigenvalue weighted by molar-refractivity contribution is -0.120. The lowest BCUT2D eigenvalue weighted by atomic mass is 10.0. The molecule has 0 saturated carbocycles. The molecule has 1 aromatic rings. The Balaban J connectivity index is 2.98. The minimum absolute atomic E-state index is 0.0621. The van der Waals surface area contributed by atoms with Gasteiger partial charge in [-0.3, -0.25) is 4.79 Å². The Bertz CT molecular complexity index is 615. The Hall–Kier alpha value is -1.40. The first-order valence-electron chi connectivity index (χ1n) is 7.54. The van der Waals surface area contributed by atoms with E-state index in [2.05, 4.69) is 10.0 Å². The first kappa shape index (κ1) is 18.6. The first-order valence-corrected chi connectivity index (χ1v) is 9.02. The highest BCUT2D eigenvalue weighted by Gasteiger charge is 2.22. The van der Waals surface area contributed by atoms with E-state index in [1.807, 2.05) is 13.8 Å². The average Bonchev–Trinajstić information content (AvgIpc) is 2.37. The van der Waals surface area contributed by atoms with Crippen LogP contribution in [0.1, 0.15) is 47.5 Å². The van der Waals surface area contributed by atoms with E-state index in [0.29, 0.717) is 5.69 Å². The molecule has 0 aromatic heterocycles. The quantitative estimate of drug-likeness (QED) is 0.843. The minimum Gasteiger partial charge on any atom is -0.326 e. The molecule has 1 aromatic carbocycles. The number of sulfonamides is 1. The molecule has 0 saturated heterocycles. The molecule has 1 rings (SSSR count). The summed E-state index contributed by atoms with van der Waals surface area (Å²) in [6.07, 6.45) is 1.51. The normalized spacial score (nSPS) is 12.5. The van der Waals surface area contributed by atoms with Crippen molar-refractivity contribution in [2.75, 3.05) is 5.32 Å². The van der Waals surface area contributed by atoms with E-state index in [4.69, 9.17) is 0 Å². The van der Waals surface area contributed by atoms with Gasteiger partial charge in [0, 0.05) is 17.1 Å². The first-order chi connectivity index (χ1) is 10.1. The van der Waals surface area contributed by atoms with Crippen molar-refractivity contribution in [2.45, 2.75) is 57.9 Å². The molecule has 0 aliphatic carbocycles. The highest BCUT2D eigenvalue weighted by atomic mass is 32.2. The molecule has 0 atom stereocenters. The SMILES string of the molecule is CCC(CC)C(=O)Nc1cccc(S(=O)(=O)NC(C)(C)C)c1. The van der Waals surface area contributed by atoms with Gasteiger partial charge in [-0.2, -0.15) is 0 Å². The summed E-state index contributed by atoms with van der Waals surface area (Å²) < 4.78 is 27.2. The summed E-state index contributed by atoms with van der Waals surface area (Å²) in [5.74, 6) is -0.142. The number of anilines is 1. The maximum Gasteiger partial charge on any atom is 0.241 e. The second-order valence-electron chi connectivity index (χ2n) is 6.39. The van der Waals surface area contributed by atoms with Gasteiger partial charge < -0.3 is 5.32 Å². The number of amides is 1. The van der Waals surface area contributed by atoms with Crippen molar-refractivity contribution in [3.05, 3.63) is 24.3 Å². The number of hydrogen-bond acceptors (Lipinski definition) is 3. The van der Waals surface area contributed by atoms with E-state index in [1.165, 1.54) is 12.1 Å². The number of benzene rings is 1. The highest BCUT2D eigenvalue weighted by Crippen LogP contribution is 2.19. The smallest absolute Gasteiger partial charge is 0.241 e. The topological polar surface area (TPSA) is 75.3 Å². The van der Waals surface area contributed by atoms with Gasteiger partial charge in [0.1, 0.15) is 0 Å². The monoisotopic (exact) mass is 326 g/mol. The van der Waals surface area contributed by atoms with Crippen molar-refractivity contribution in [1.82, 2.24) is 4.72 Å². The molecule has 0 bridgehead atoms. The van der Waals surface area contributed by atoms with Gasteiger partial charge in [-0.25, -0.2) is 13.1 Å². The standard InChI is InChI=1S/C16H26N2O3S/c1-6-12(7-2)15(19)17-13-9-8-10-14(11-13)22(20,21)18-16(3,4)5/h8-12,18H,6-7H2,1-5H3,(H,17,19). The van der Waals surface area contributed by atoms with Crippen LogP contribution in [0, 0.1) is 5.92 Å². The Morgan fingerprint density at radius 2 is 1.77 bits per heavy atom. The van der Waals surface area contributed by atoms with Gasteiger partial charge in [-0.1, -0.05) is 19.9 Å². The molecule has 5 nitrogen and oxygen atoms in total. The van der Waals surface area contributed by atoms with Gasteiger partial charge in [-0.15, -0.1) is 0 Å². The van der Waals surface area contributed by atoms with E-state index in [9.17, 15) is 13.2 Å². The second kappa shape index (κ2) is 7.24. The Kier molecular flexibility index (Phi) is 6.14. The number of rotatable bonds is 6. The maximum absolute atomic E-state index is 12.3. The van der Waals surface area contributed by atoms with Gasteiger partial charge in [0.15, 0.2) is 0 Å². The molecule has 0 spiro atoms. The molecule has 1 amide bonds. The fourth-order valence-corrected chi connectivity index (χ4v) is 3.57. The molecule has 0 aliphatic heterocycles. The predicted octanol–water partition coefficient (Wildman–Crippen LogP) is 3.14. The molecule has 22 heavy (non-hydrogen) atoms. The summed E-state index contributed by atoms with van der Waals surface area (Å²) in [4.78, 5) is 12.2. The molecule has 6 heteroatoms. The molecule has 0 aliphatic rings. The van der Waals surface area contributed by atoms with Crippen molar-refractivity contribution in [3.8, 4) is 0 Å². The molecule has 0 radical (unpaired) electrons. The lowest BCUT2D eigenvalue weighted by Gasteiger charge is -2.20. The van der Waals surface area contributed by atoms with E-state index >= 15 is 0 Å². The number of carbonyl (C=O) groups excluding carboxylic acids is 1. The van der Waals surface area contributed by atoms with Gasteiger partial charge in [0.25, 0.3) is 0 Å². The number of nitrogens with one attached hydrogen (secondary N) is 2. The van der Waals surface area contributed by atoms with Crippen LogP contribution in [0.25, 0.3) is 0 Å². The average molecular weight is 326 g/mol. The van der Waals surface area contributed by atoms with Gasteiger partial charge in [-0.05, 0) is 51.8 Å². The molecular weight excluding hydrogens is 300 g/mol. The maximum atomic E-state index is 12.3. The van der Waals surface area contributed by atoms with Crippen LogP contribution in [0.2, 0.25) is 0 Å². The number of hydrogen-bond donors (Lipinski definition) is 2. The Morgan fingerprint density at radius 1 is 1.18 bits per heavy atom. The van der Waals surface area contributed by atoms with Crippen molar-refractivity contribution < 1.29 is 13.2 Å². The fraction of sp³-hybridized carbons (Fsp3) is 0.562. The summed E-state index contributed by atoms with van der Waals surface area (Å²) in [7, 11) is -3.61. The van der Waals surface area contributed by atoms with Gasteiger partial charge in [0.05, 0.1) is 4.90 Å². The lowest BCUT2D eigenvalue weighted by Crippen LogP contribution is -2.40. The summed E-state index contributed by atoms with van der Waals surface area (Å²) in [5.41, 5.74) is -0.0677. The summed E-state index contributed by atoms with van der Waals surface area (Å²) in [5, 5.41) is 2.79. The van der Waals surface area contributed by atoms with Crippen LogP contribution in [0.15, 0.2) is 29.2 Å². The predicted molar refractivity (Wildman–Crippen MR) is 89.2 cm³/mol. The van der Waals surface area contributed by atoms with Crippen LogP contribution in [-0.2, 0) is 14.8 Å². The molecule has 0 fully saturated rings. The van der Waals surface area contributed by atoms with Gasteiger partial charge in [0.2, 0.25) is 15.9 Å². The Labute approximate surface area is 133 Å². The molecule has 0 heterocycles. The minimum atomic E-state index is -3.61. The van der Waals surface area contributed by atoms with Crippen molar-refractivity contribution >= 4 is 21.6 Å². The molecule has 2 N–H and O–H groups in total. The van der Waals surface area contributed by atoms with E-state index in [0.717, 1.165) is 12.8 Å². The largest absolute Gasteiger partial charge is 0.326 e. The van der Waals surface area contributed by atoms with Crippen LogP contribution in [0.3, 0.4) is 0 Å². The van der Waals surface area contributed by atoms with E-state index in [1.54, 1.807) is 32.9 Å². The zero-order chi connectivity index (χ0) is 17.0. The van der Waals surface area contributed by atoms with Gasteiger partial charge >= 0.3 is 0 Å². The summed E-state index contributed by atoms with van der Waals surface area (Å²) in [6, 6.07) is 6.31. The Morgan fingerprint density at radius 3 is 2.27 bits per heavy atom. The summed E-state index contributed by atoms with van der Waals surface area (Å²) in [6.45, 7) is 9.26. The van der Waals surface area contributed by atoms with E-state index < -0.39 is 15.6 Å². The van der Waals surface area contributed by atoms with Crippen molar-refractivity contribution in [1.29, 1.82) is 0 Å². The van der Waals surface area contributed by atoms with Crippen LogP contribution in [0.5, 0.6) is 0 Å². The third kappa shape index (κ3) is 5.42. The van der Waals surface area contributed by atoms with Crippen LogP contribution in [0.4, 0.5) is 5.69 Å². The van der Waals surface area contributed by atoms with Crippen LogP contribution < -0.4 is 10.0 Å². The van der Waals surface area contributed by atoms with Crippen LogP contribution >= 0.6 is 0 Å². The second-order valence-corrected chi connectivity index (χ2v) is 8.07. The zero-order valence-electron chi connectivity index (χ0n) is 13.9. The molecular formula is C16H26N2O3S. The fourth-order valence-electron chi connectivity index (χ4n) is 2.11. The molecule has 0 unspecified atom stereocenters. The van der Waals surface area contributed by atoms with Crippen LogP contribution in [-0.4, -0.2) is 19.9 Å². The summed E-state index contributed by atoms with van der Waals surface area (Å²) >= 11 is 0. The third-order valence-electron chi connectivity index (χ3n) is 3.21. The van der Waals surface area contributed by atoms with Crippen molar-refractivity contribution in [3.63, 3.8) is 0 Å². The van der Waals surface area contributed by atoms with Crippen molar-refractivity contribution in [2.24, 2.45) is 5.92 Å². The molecule has 124 valence electrons. The zero-order valence-corrected chi connectivity index (χ0v) is 14.8. The number of carbonyl (C=O) groups is 1. The van der Waals surface area contributed by atoms with E-state index in [-0.39, 0.29) is 16.7 Å². The highest BCUT2D eigenvalue weighted by molar-refractivity contribution is 7.89.